The lowest BCUT2D eigenvalue weighted by atomic mass is 9.88. The van der Waals surface area contributed by atoms with Gasteiger partial charge in [-0.15, -0.1) is 10.2 Å². The SMILES string of the molecule is Cc1nnc(CN(C)C(=O)C[C@@H](c2ccccc2)c2ccc3c(c2)OCO3)o1. The molecule has 4 rings (SSSR count). The molecule has 144 valence electrons. The third-order valence-electron chi connectivity index (χ3n) is 4.75. The molecule has 1 atom stereocenters. The Morgan fingerprint density at radius 1 is 1.07 bits per heavy atom. The highest BCUT2D eigenvalue weighted by atomic mass is 16.7. The van der Waals surface area contributed by atoms with E-state index in [1.807, 2.05) is 48.5 Å². The van der Waals surface area contributed by atoms with Crippen molar-refractivity contribution in [1.82, 2.24) is 15.1 Å². The van der Waals surface area contributed by atoms with E-state index < -0.39 is 0 Å². The van der Waals surface area contributed by atoms with Crippen molar-refractivity contribution < 1.29 is 18.7 Å². The Bertz CT molecular complexity index is 971. The Labute approximate surface area is 162 Å². The molecule has 28 heavy (non-hydrogen) atoms. The molecular formula is C21H21N3O4. The van der Waals surface area contributed by atoms with Crippen LogP contribution in [-0.2, 0) is 11.3 Å². The van der Waals surface area contributed by atoms with E-state index in [9.17, 15) is 4.79 Å². The van der Waals surface area contributed by atoms with Gasteiger partial charge in [-0.25, -0.2) is 0 Å². The number of hydrogen-bond donors (Lipinski definition) is 0. The monoisotopic (exact) mass is 379 g/mol. The minimum atomic E-state index is -0.102. The molecular weight excluding hydrogens is 358 g/mol. The first-order valence-corrected chi connectivity index (χ1v) is 9.07. The number of aryl methyl sites for hydroxylation is 1. The molecule has 1 aliphatic rings. The van der Waals surface area contributed by atoms with Crippen LogP contribution < -0.4 is 9.47 Å². The molecule has 3 aromatic rings. The third-order valence-corrected chi connectivity index (χ3v) is 4.75. The Morgan fingerprint density at radius 3 is 2.61 bits per heavy atom. The third kappa shape index (κ3) is 3.83. The van der Waals surface area contributed by atoms with Gasteiger partial charge in [0, 0.05) is 26.3 Å². The number of carbonyl (C=O) groups is 1. The van der Waals surface area contributed by atoms with E-state index in [1.54, 1.807) is 18.9 Å². The van der Waals surface area contributed by atoms with Crippen molar-refractivity contribution in [2.45, 2.75) is 25.8 Å². The van der Waals surface area contributed by atoms with Crippen molar-refractivity contribution in [3.05, 3.63) is 71.4 Å². The predicted molar refractivity (Wildman–Crippen MR) is 101 cm³/mol. The quantitative estimate of drug-likeness (QED) is 0.654. The maximum absolute atomic E-state index is 12.9. The number of ether oxygens (including phenoxy) is 2. The van der Waals surface area contributed by atoms with Gasteiger partial charge in [-0.05, 0) is 23.3 Å². The Balaban J connectivity index is 1.56. The van der Waals surface area contributed by atoms with Gasteiger partial charge in [0.15, 0.2) is 11.5 Å². The normalized spacial score (nSPS) is 13.4. The number of fused-ring (bicyclic) bond motifs is 1. The largest absolute Gasteiger partial charge is 0.454 e. The van der Waals surface area contributed by atoms with E-state index in [0.717, 1.165) is 16.9 Å². The van der Waals surface area contributed by atoms with E-state index in [-0.39, 0.29) is 25.2 Å². The lowest BCUT2D eigenvalue weighted by Crippen LogP contribution is -2.28. The highest BCUT2D eigenvalue weighted by molar-refractivity contribution is 5.77. The summed E-state index contributed by atoms with van der Waals surface area (Å²) in [6.07, 6.45) is 0.313. The van der Waals surface area contributed by atoms with Gasteiger partial charge in [0.2, 0.25) is 24.5 Å². The Morgan fingerprint density at radius 2 is 1.86 bits per heavy atom. The van der Waals surface area contributed by atoms with Gasteiger partial charge in [0.05, 0.1) is 6.54 Å². The van der Waals surface area contributed by atoms with Gasteiger partial charge in [-0.3, -0.25) is 4.79 Å². The molecule has 0 unspecified atom stereocenters. The molecule has 1 aromatic heterocycles. The smallest absolute Gasteiger partial charge is 0.235 e. The van der Waals surface area contributed by atoms with Crippen molar-refractivity contribution in [3.8, 4) is 11.5 Å². The number of hydrogen-bond acceptors (Lipinski definition) is 6. The molecule has 0 saturated heterocycles. The summed E-state index contributed by atoms with van der Waals surface area (Å²) >= 11 is 0. The molecule has 2 heterocycles. The second-order valence-corrected chi connectivity index (χ2v) is 6.74. The number of rotatable bonds is 6. The molecule has 7 heteroatoms. The fourth-order valence-electron chi connectivity index (χ4n) is 3.27. The molecule has 0 fully saturated rings. The molecule has 2 aromatic carbocycles. The fourth-order valence-corrected chi connectivity index (χ4v) is 3.27. The van der Waals surface area contributed by atoms with E-state index in [0.29, 0.717) is 24.0 Å². The summed E-state index contributed by atoms with van der Waals surface area (Å²) in [6.45, 7) is 2.23. The van der Waals surface area contributed by atoms with Gasteiger partial charge >= 0.3 is 0 Å². The van der Waals surface area contributed by atoms with Crippen LogP contribution in [0.4, 0.5) is 0 Å². The Kier molecular flexibility index (Phi) is 4.97. The van der Waals surface area contributed by atoms with Crippen LogP contribution in [0.25, 0.3) is 0 Å². The zero-order valence-corrected chi connectivity index (χ0v) is 15.8. The van der Waals surface area contributed by atoms with Gasteiger partial charge in [-0.1, -0.05) is 36.4 Å². The van der Waals surface area contributed by atoms with Crippen LogP contribution in [0.3, 0.4) is 0 Å². The van der Waals surface area contributed by atoms with Crippen LogP contribution in [0.5, 0.6) is 11.5 Å². The first kappa shape index (κ1) is 18.0. The van der Waals surface area contributed by atoms with Gasteiger partial charge in [0.1, 0.15) is 0 Å². The molecule has 1 amide bonds. The summed E-state index contributed by atoms with van der Waals surface area (Å²) in [5.74, 6) is 2.23. The fraction of sp³-hybridized carbons (Fsp3) is 0.286. The summed E-state index contributed by atoms with van der Waals surface area (Å²) in [4.78, 5) is 14.5. The van der Waals surface area contributed by atoms with Gasteiger partial charge in [-0.2, -0.15) is 0 Å². The zero-order chi connectivity index (χ0) is 19.5. The zero-order valence-electron chi connectivity index (χ0n) is 15.8. The number of benzene rings is 2. The number of amides is 1. The van der Waals surface area contributed by atoms with E-state index in [2.05, 4.69) is 10.2 Å². The van der Waals surface area contributed by atoms with Gasteiger partial charge in [0.25, 0.3) is 0 Å². The molecule has 0 spiro atoms. The summed E-state index contributed by atoms with van der Waals surface area (Å²) in [5, 5.41) is 7.77. The lowest BCUT2D eigenvalue weighted by molar-refractivity contribution is -0.130. The summed E-state index contributed by atoms with van der Waals surface area (Å²) in [7, 11) is 1.74. The second-order valence-electron chi connectivity index (χ2n) is 6.74. The van der Waals surface area contributed by atoms with Gasteiger partial charge < -0.3 is 18.8 Å². The summed E-state index contributed by atoms with van der Waals surface area (Å²) in [6, 6.07) is 15.8. The highest BCUT2D eigenvalue weighted by Gasteiger charge is 2.24. The highest BCUT2D eigenvalue weighted by Crippen LogP contribution is 2.37. The van der Waals surface area contributed by atoms with Crippen molar-refractivity contribution in [2.24, 2.45) is 0 Å². The van der Waals surface area contributed by atoms with E-state index in [1.165, 1.54) is 0 Å². The van der Waals surface area contributed by atoms with E-state index >= 15 is 0 Å². The predicted octanol–water partition coefficient (Wildman–Crippen LogP) is 3.29. The summed E-state index contributed by atoms with van der Waals surface area (Å²) in [5.41, 5.74) is 2.07. The molecule has 0 bridgehead atoms. The number of carbonyl (C=O) groups excluding carboxylic acids is 1. The maximum Gasteiger partial charge on any atom is 0.235 e. The number of nitrogens with zero attached hydrogens (tertiary/aromatic N) is 3. The lowest BCUT2D eigenvalue weighted by Gasteiger charge is -2.22. The molecule has 0 radical (unpaired) electrons. The first-order chi connectivity index (χ1) is 13.6. The van der Waals surface area contributed by atoms with Crippen molar-refractivity contribution in [3.63, 3.8) is 0 Å². The average Bonchev–Trinajstić information content (AvgIpc) is 3.34. The molecule has 0 saturated carbocycles. The molecule has 0 N–H and O–H groups in total. The van der Waals surface area contributed by atoms with Crippen molar-refractivity contribution >= 4 is 5.91 Å². The molecule has 7 nitrogen and oxygen atoms in total. The Hall–Kier alpha value is -3.35. The minimum Gasteiger partial charge on any atom is -0.454 e. The molecule has 0 aliphatic carbocycles. The topological polar surface area (TPSA) is 77.7 Å². The first-order valence-electron chi connectivity index (χ1n) is 9.07. The van der Waals surface area contributed by atoms with Crippen LogP contribution in [-0.4, -0.2) is 34.8 Å². The summed E-state index contributed by atoms with van der Waals surface area (Å²) < 4.78 is 16.3. The van der Waals surface area contributed by atoms with Crippen molar-refractivity contribution in [1.29, 1.82) is 0 Å². The molecule has 1 aliphatic heterocycles. The minimum absolute atomic E-state index is 0.0117. The number of aromatic nitrogens is 2. The van der Waals surface area contributed by atoms with Crippen LogP contribution in [0.1, 0.15) is 35.2 Å². The van der Waals surface area contributed by atoms with E-state index in [4.69, 9.17) is 13.9 Å². The van der Waals surface area contributed by atoms with Crippen LogP contribution in [0.2, 0.25) is 0 Å². The van der Waals surface area contributed by atoms with Crippen LogP contribution in [0.15, 0.2) is 52.9 Å². The van der Waals surface area contributed by atoms with Crippen LogP contribution >= 0.6 is 0 Å². The average molecular weight is 379 g/mol. The van der Waals surface area contributed by atoms with Crippen molar-refractivity contribution in [2.75, 3.05) is 13.8 Å². The van der Waals surface area contributed by atoms with Crippen LogP contribution in [0, 0.1) is 6.92 Å². The standard InChI is InChI=1S/C21H21N3O4/c1-14-22-23-20(28-14)12-24(2)21(25)11-17(15-6-4-3-5-7-15)16-8-9-18-19(10-16)27-13-26-18/h3-10,17H,11-13H2,1-2H3/t17-/m0/s1. The second kappa shape index (κ2) is 7.72. The maximum atomic E-state index is 12.9.